The number of ether oxygens (including phenoxy) is 1. The van der Waals surface area contributed by atoms with Crippen LogP contribution in [0.3, 0.4) is 0 Å². The second kappa shape index (κ2) is 7.19. The summed E-state index contributed by atoms with van der Waals surface area (Å²) in [7, 11) is 0. The summed E-state index contributed by atoms with van der Waals surface area (Å²) in [6.07, 6.45) is 1.40. The molecule has 26 heavy (non-hydrogen) atoms. The number of nitro benzene ring substituents is 1. The molecule has 3 rings (SSSR count). The van der Waals surface area contributed by atoms with Crippen LogP contribution in [-0.4, -0.2) is 10.8 Å². The van der Waals surface area contributed by atoms with Crippen molar-refractivity contribution in [1.82, 2.24) is 0 Å². The predicted octanol–water partition coefficient (Wildman–Crippen LogP) is 4.10. The van der Waals surface area contributed by atoms with Gasteiger partial charge in [-0.1, -0.05) is 0 Å². The maximum Gasteiger partial charge on any atom is 0.311 e. The molecule has 128 valence electrons. The van der Waals surface area contributed by atoms with E-state index in [0.29, 0.717) is 11.4 Å². The van der Waals surface area contributed by atoms with Crippen LogP contribution in [0.2, 0.25) is 0 Å². The summed E-state index contributed by atoms with van der Waals surface area (Å²) in [6, 6.07) is 15.1. The number of carbonyl (C=O) groups is 1. The van der Waals surface area contributed by atoms with Crippen LogP contribution in [0.1, 0.15) is 16.1 Å². The van der Waals surface area contributed by atoms with Crippen molar-refractivity contribution in [2.24, 2.45) is 0 Å². The molecule has 0 unspecified atom stereocenters. The fourth-order valence-electron chi connectivity index (χ4n) is 2.15. The van der Waals surface area contributed by atoms with Crippen molar-refractivity contribution >= 4 is 17.3 Å². The summed E-state index contributed by atoms with van der Waals surface area (Å²) in [5.41, 5.74) is 0.492. The van der Waals surface area contributed by atoms with E-state index >= 15 is 0 Å². The van der Waals surface area contributed by atoms with Crippen LogP contribution in [-0.2, 0) is 0 Å². The first-order valence-electron chi connectivity index (χ1n) is 7.38. The van der Waals surface area contributed by atoms with Crippen molar-refractivity contribution in [3.8, 4) is 17.6 Å². The number of benzene rings is 2. The molecule has 0 saturated heterocycles. The highest BCUT2D eigenvalue weighted by Crippen LogP contribution is 2.32. The number of rotatable bonds is 5. The number of carbonyl (C=O) groups excluding carboxylic acids is 1. The maximum atomic E-state index is 11.9. The maximum absolute atomic E-state index is 11.9. The Morgan fingerprint density at radius 1 is 1.19 bits per heavy atom. The van der Waals surface area contributed by atoms with Gasteiger partial charge in [0, 0.05) is 17.8 Å². The molecule has 0 atom stereocenters. The Kier molecular flexibility index (Phi) is 4.63. The number of hydrogen-bond acceptors (Lipinski definition) is 6. The Morgan fingerprint density at radius 3 is 2.58 bits per heavy atom. The lowest BCUT2D eigenvalue weighted by molar-refractivity contribution is -0.385. The zero-order valence-electron chi connectivity index (χ0n) is 13.2. The normalized spacial score (nSPS) is 9.96. The number of anilines is 1. The average Bonchev–Trinajstić information content (AvgIpc) is 3.18. The van der Waals surface area contributed by atoms with Gasteiger partial charge < -0.3 is 14.5 Å². The second-order valence-corrected chi connectivity index (χ2v) is 5.11. The molecule has 8 nitrogen and oxygen atoms in total. The summed E-state index contributed by atoms with van der Waals surface area (Å²) in [4.78, 5) is 22.4. The number of nitriles is 1. The minimum absolute atomic E-state index is 0.0404. The summed E-state index contributed by atoms with van der Waals surface area (Å²) >= 11 is 0. The number of furan rings is 1. The predicted molar refractivity (Wildman–Crippen MR) is 91.0 cm³/mol. The highest BCUT2D eigenvalue weighted by atomic mass is 16.6. The van der Waals surface area contributed by atoms with E-state index in [4.69, 9.17) is 14.4 Å². The van der Waals surface area contributed by atoms with E-state index in [9.17, 15) is 14.9 Å². The van der Waals surface area contributed by atoms with Gasteiger partial charge in [0.1, 0.15) is 5.75 Å². The molecule has 1 amide bonds. The fourth-order valence-corrected chi connectivity index (χ4v) is 2.15. The van der Waals surface area contributed by atoms with Crippen LogP contribution in [0.5, 0.6) is 11.5 Å². The van der Waals surface area contributed by atoms with Gasteiger partial charge in [-0.2, -0.15) is 5.26 Å². The molecule has 0 radical (unpaired) electrons. The SMILES string of the molecule is N#Cc1ccc([N+](=O)[O-])c(Oc2ccc(NC(=O)c3ccco3)cc2)c1. The van der Waals surface area contributed by atoms with Crippen molar-refractivity contribution in [2.75, 3.05) is 5.32 Å². The first-order valence-corrected chi connectivity index (χ1v) is 7.38. The van der Waals surface area contributed by atoms with Crippen LogP contribution in [0.25, 0.3) is 0 Å². The molecular weight excluding hydrogens is 338 g/mol. The topological polar surface area (TPSA) is 118 Å². The monoisotopic (exact) mass is 349 g/mol. The molecule has 2 aromatic carbocycles. The van der Waals surface area contributed by atoms with Crippen LogP contribution in [0.4, 0.5) is 11.4 Å². The smallest absolute Gasteiger partial charge is 0.311 e. The molecule has 0 spiro atoms. The minimum Gasteiger partial charge on any atom is -0.459 e. The number of amides is 1. The third-order valence-electron chi connectivity index (χ3n) is 3.37. The van der Waals surface area contributed by atoms with Crippen LogP contribution >= 0.6 is 0 Å². The Hall–Kier alpha value is -4.12. The van der Waals surface area contributed by atoms with Crippen molar-refractivity contribution in [2.45, 2.75) is 0 Å². The Labute approximate surface area is 147 Å². The summed E-state index contributed by atoms with van der Waals surface area (Å²) in [5, 5.41) is 22.7. The van der Waals surface area contributed by atoms with Crippen molar-refractivity contribution in [1.29, 1.82) is 5.26 Å². The zero-order valence-corrected chi connectivity index (χ0v) is 13.2. The molecule has 0 fully saturated rings. The number of nitrogens with zero attached hydrogens (tertiary/aromatic N) is 2. The average molecular weight is 349 g/mol. The van der Waals surface area contributed by atoms with E-state index in [2.05, 4.69) is 5.32 Å². The molecule has 1 N–H and O–H groups in total. The number of nitrogens with one attached hydrogen (secondary N) is 1. The van der Waals surface area contributed by atoms with Gasteiger partial charge in [-0.05, 0) is 42.5 Å². The molecule has 0 saturated carbocycles. The van der Waals surface area contributed by atoms with E-state index in [-0.39, 0.29) is 22.8 Å². The molecule has 0 aliphatic rings. The number of nitro groups is 1. The minimum atomic E-state index is -0.589. The van der Waals surface area contributed by atoms with Crippen LogP contribution in [0.15, 0.2) is 65.3 Å². The quantitative estimate of drug-likeness (QED) is 0.547. The molecule has 3 aromatic rings. The van der Waals surface area contributed by atoms with Crippen molar-refractivity contribution in [3.05, 3.63) is 82.3 Å². The lowest BCUT2D eigenvalue weighted by atomic mass is 10.2. The third kappa shape index (κ3) is 3.68. The van der Waals surface area contributed by atoms with Gasteiger partial charge in [-0.15, -0.1) is 0 Å². The first-order chi connectivity index (χ1) is 12.6. The van der Waals surface area contributed by atoms with Gasteiger partial charge in [-0.25, -0.2) is 0 Å². The van der Waals surface area contributed by atoms with E-state index in [0.717, 1.165) is 0 Å². The standard InChI is InChI=1S/C18H11N3O5/c19-11-12-3-8-15(21(23)24)17(10-12)26-14-6-4-13(5-7-14)20-18(22)16-2-1-9-25-16/h1-10H,(H,20,22). The summed E-state index contributed by atoms with van der Waals surface area (Å²) < 4.78 is 10.5. The highest BCUT2D eigenvalue weighted by molar-refractivity contribution is 6.02. The first kappa shape index (κ1) is 16.7. The molecule has 1 heterocycles. The third-order valence-corrected chi connectivity index (χ3v) is 3.37. The van der Waals surface area contributed by atoms with Gasteiger partial charge in [-0.3, -0.25) is 14.9 Å². The number of hydrogen-bond donors (Lipinski definition) is 1. The molecule has 1 aromatic heterocycles. The van der Waals surface area contributed by atoms with E-state index in [1.807, 2.05) is 6.07 Å². The second-order valence-electron chi connectivity index (χ2n) is 5.11. The zero-order chi connectivity index (χ0) is 18.5. The van der Waals surface area contributed by atoms with E-state index in [1.54, 1.807) is 30.3 Å². The Bertz CT molecular complexity index is 989. The van der Waals surface area contributed by atoms with Gasteiger partial charge >= 0.3 is 5.69 Å². The van der Waals surface area contributed by atoms with Crippen molar-refractivity contribution < 1.29 is 18.9 Å². The lowest BCUT2D eigenvalue weighted by Gasteiger charge is -2.08. The van der Waals surface area contributed by atoms with Gasteiger partial charge in [0.05, 0.1) is 22.8 Å². The molecule has 8 heteroatoms. The Morgan fingerprint density at radius 2 is 1.96 bits per heavy atom. The molecule has 0 aliphatic carbocycles. The van der Waals surface area contributed by atoms with Crippen molar-refractivity contribution in [3.63, 3.8) is 0 Å². The largest absolute Gasteiger partial charge is 0.459 e. The molecule has 0 bridgehead atoms. The van der Waals surface area contributed by atoms with Gasteiger partial charge in [0.2, 0.25) is 5.75 Å². The van der Waals surface area contributed by atoms with E-state index < -0.39 is 10.8 Å². The highest BCUT2D eigenvalue weighted by Gasteiger charge is 2.16. The Balaban J connectivity index is 1.77. The lowest BCUT2D eigenvalue weighted by Crippen LogP contribution is -2.10. The van der Waals surface area contributed by atoms with Gasteiger partial charge in [0.25, 0.3) is 5.91 Å². The summed E-state index contributed by atoms with van der Waals surface area (Å²) in [5.74, 6) is 0.0518. The summed E-state index contributed by atoms with van der Waals surface area (Å²) in [6.45, 7) is 0. The fraction of sp³-hybridized carbons (Fsp3) is 0. The van der Waals surface area contributed by atoms with Crippen LogP contribution < -0.4 is 10.1 Å². The van der Waals surface area contributed by atoms with Gasteiger partial charge in [0.15, 0.2) is 5.76 Å². The molecular formula is C18H11N3O5. The van der Waals surface area contributed by atoms with E-state index in [1.165, 1.54) is 30.5 Å². The molecule has 0 aliphatic heterocycles. The van der Waals surface area contributed by atoms with Crippen LogP contribution in [0, 0.1) is 21.4 Å².